The van der Waals surface area contributed by atoms with E-state index in [0.29, 0.717) is 18.8 Å². The molecule has 0 unspecified atom stereocenters. The third-order valence-corrected chi connectivity index (χ3v) is 4.74. The standard InChI is InChI=1S/C14H16N2O5S/c17-14(16-7-1-2-8-16)12-5-6-13(21-12)22(18,19)15-10-11-4-3-9-20-11/h3-6,9,15H,1-2,7-8,10H2. The summed E-state index contributed by atoms with van der Waals surface area (Å²) in [6.07, 6.45) is 3.38. The molecule has 3 rings (SSSR count). The van der Waals surface area contributed by atoms with Crippen molar-refractivity contribution in [2.45, 2.75) is 24.5 Å². The molecular formula is C14H16N2O5S. The minimum Gasteiger partial charge on any atom is -0.468 e. The van der Waals surface area contributed by atoms with Gasteiger partial charge in [-0.05, 0) is 37.1 Å². The first-order valence-electron chi connectivity index (χ1n) is 6.97. The van der Waals surface area contributed by atoms with E-state index in [1.54, 1.807) is 17.0 Å². The Bertz CT molecular complexity index is 742. The van der Waals surface area contributed by atoms with Crippen molar-refractivity contribution >= 4 is 15.9 Å². The van der Waals surface area contributed by atoms with Crippen LogP contribution >= 0.6 is 0 Å². The average molecular weight is 324 g/mol. The van der Waals surface area contributed by atoms with Crippen LogP contribution < -0.4 is 4.72 Å². The number of hydrogen-bond acceptors (Lipinski definition) is 5. The van der Waals surface area contributed by atoms with Crippen molar-refractivity contribution in [2.24, 2.45) is 0 Å². The van der Waals surface area contributed by atoms with Gasteiger partial charge in [-0.2, -0.15) is 0 Å². The van der Waals surface area contributed by atoms with Crippen LogP contribution in [0.5, 0.6) is 0 Å². The lowest BCUT2D eigenvalue weighted by atomic mass is 10.4. The molecule has 3 heterocycles. The summed E-state index contributed by atoms with van der Waals surface area (Å²) in [4.78, 5) is 13.8. The van der Waals surface area contributed by atoms with Gasteiger partial charge in [-0.3, -0.25) is 4.79 Å². The molecule has 0 radical (unpaired) electrons. The Hall–Kier alpha value is -2.06. The molecule has 0 atom stereocenters. The number of carbonyl (C=O) groups excluding carboxylic acids is 1. The topological polar surface area (TPSA) is 92.8 Å². The second kappa shape index (κ2) is 5.98. The van der Waals surface area contributed by atoms with E-state index < -0.39 is 10.0 Å². The van der Waals surface area contributed by atoms with Gasteiger partial charge in [-0.25, -0.2) is 13.1 Å². The van der Waals surface area contributed by atoms with Crippen molar-refractivity contribution < 1.29 is 22.0 Å². The Morgan fingerprint density at radius 2 is 2.00 bits per heavy atom. The molecule has 118 valence electrons. The molecule has 0 aliphatic carbocycles. The van der Waals surface area contributed by atoms with Crippen LogP contribution in [0, 0.1) is 0 Å². The quantitative estimate of drug-likeness (QED) is 0.901. The van der Waals surface area contributed by atoms with Gasteiger partial charge in [0.1, 0.15) is 5.76 Å². The summed E-state index contributed by atoms with van der Waals surface area (Å²) in [5.74, 6) is 0.258. The maximum absolute atomic E-state index is 12.1. The molecule has 1 N–H and O–H groups in total. The number of amides is 1. The van der Waals surface area contributed by atoms with Gasteiger partial charge in [0.15, 0.2) is 5.76 Å². The normalized spacial score (nSPS) is 15.4. The van der Waals surface area contributed by atoms with Crippen LogP contribution in [-0.4, -0.2) is 32.3 Å². The predicted octanol–water partition coefficient (Wildman–Crippen LogP) is 1.59. The molecular weight excluding hydrogens is 308 g/mol. The Morgan fingerprint density at radius 3 is 2.68 bits per heavy atom. The largest absolute Gasteiger partial charge is 0.468 e. The minimum atomic E-state index is -3.82. The third-order valence-electron chi connectivity index (χ3n) is 3.47. The van der Waals surface area contributed by atoms with Crippen LogP contribution in [-0.2, 0) is 16.6 Å². The molecule has 7 nitrogen and oxygen atoms in total. The summed E-state index contributed by atoms with van der Waals surface area (Å²) in [7, 11) is -3.82. The van der Waals surface area contributed by atoms with Gasteiger partial charge < -0.3 is 13.7 Å². The lowest BCUT2D eigenvalue weighted by Crippen LogP contribution is -2.27. The average Bonchev–Trinajstić information content (AvgIpc) is 3.26. The molecule has 1 fully saturated rings. The zero-order chi connectivity index (χ0) is 15.6. The Labute approximate surface area is 127 Å². The Kier molecular flexibility index (Phi) is 4.04. The molecule has 0 spiro atoms. The highest BCUT2D eigenvalue weighted by molar-refractivity contribution is 7.89. The molecule has 2 aromatic rings. The van der Waals surface area contributed by atoms with Crippen LogP contribution in [0.3, 0.4) is 0 Å². The fraction of sp³-hybridized carbons (Fsp3) is 0.357. The van der Waals surface area contributed by atoms with Crippen molar-refractivity contribution in [1.29, 1.82) is 0 Å². The van der Waals surface area contributed by atoms with E-state index in [4.69, 9.17) is 8.83 Å². The number of nitrogens with one attached hydrogen (secondary N) is 1. The number of rotatable bonds is 5. The van der Waals surface area contributed by atoms with Crippen LogP contribution in [0.4, 0.5) is 0 Å². The van der Waals surface area contributed by atoms with Gasteiger partial charge in [-0.15, -0.1) is 0 Å². The molecule has 1 saturated heterocycles. The third kappa shape index (κ3) is 3.07. The molecule has 1 amide bonds. The molecule has 0 bridgehead atoms. The fourth-order valence-corrected chi connectivity index (χ4v) is 3.23. The number of furan rings is 2. The summed E-state index contributed by atoms with van der Waals surface area (Å²) in [5, 5.41) is -0.276. The second-order valence-corrected chi connectivity index (χ2v) is 6.72. The number of likely N-dealkylation sites (tertiary alicyclic amines) is 1. The molecule has 1 aliphatic rings. The van der Waals surface area contributed by atoms with Crippen molar-refractivity contribution in [3.05, 3.63) is 42.0 Å². The van der Waals surface area contributed by atoms with E-state index in [1.165, 1.54) is 18.4 Å². The van der Waals surface area contributed by atoms with Crippen molar-refractivity contribution in [3.8, 4) is 0 Å². The van der Waals surface area contributed by atoms with Crippen LogP contribution in [0.2, 0.25) is 0 Å². The summed E-state index contributed by atoms with van der Waals surface area (Å²) in [6, 6.07) is 6.01. The Morgan fingerprint density at radius 1 is 1.23 bits per heavy atom. The summed E-state index contributed by atoms with van der Waals surface area (Å²) in [5.41, 5.74) is 0. The molecule has 1 aliphatic heterocycles. The van der Waals surface area contributed by atoms with Gasteiger partial charge in [0.05, 0.1) is 12.8 Å². The van der Waals surface area contributed by atoms with Crippen LogP contribution in [0.25, 0.3) is 0 Å². The number of hydrogen-bond donors (Lipinski definition) is 1. The summed E-state index contributed by atoms with van der Waals surface area (Å²) < 4.78 is 36.9. The van der Waals surface area contributed by atoms with Crippen molar-refractivity contribution in [3.63, 3.8) is 0 Å². The lowest BCUT2D eigenvalue weighted by molar-refractivity contribution is 0.0755. The number of carbonyl (C=O) groups is 1. The van der Waals surface area contributed by atoms with Gasteiger partial charge in [0.2, 0.25) is 5.09 Å². The second-order valence-electron chi connectivity index (χ2n) is 5.02. The maximum Gasteiger partial charge on any atom is 0.289 e. The summed E-state index contributed by atoms with van der Waals surface area (Å²) >= 11 is 0. The van der Waals surface area contributed by atoms with E-state index in [2.05, 4.69) is 4.72 Å². The fourth-order valence-electron chi connectivity index (χ4n) is 2.31. The minimum absolute atomic E-state index is 0.0193. The van der Waals surface area contributed by atoms with E-state index in [-0.39, 0.29) is 23.3 Å². The van der Waals surface area contributed by atoms with Crippen LogP contribution in [0.15, 0.2) is 44.5 Å². The zero-order valence-corrected chi connectivity index (χ0v) is 12.6. The zero-order valence-electron chi connectivity index (χ0n) is 11.8. The van der Waals surface area contributed by atoms with E-state index in [0.717, 1.165) is 12.8 Å². The van der Waals surface area contributed by atoms with Gasteiger partial charge in [0.25, 0.3) is 15.9 Å². The number of nitrogens with zero attached hydrogens (tertiary/aromatic N) is 1. The van der Waals surface area contributed by atoms with E-state index in [9.17, 15) is 13.2 Å². The molecule has 8 heteroatoms. The predicted molar refractivity (Wildman–Crippen MR) is 76.6 cm³/mol. The molecule has 0 saturated carbocycles. The van der Waals surface area contributed by atoms with E-state index in [1.807, 2.05) is 0 Å². The van der Waals surface area contributed by atoms with Crippen molar-refractivity contribution in [1.82, 2.24) is 9.62 Å². The highest BCUT2D eigenvalue weighted by atomic mass is 32.2. The van der Waals surface area contributed by atoms with Gasteiger partial charge in [-0.1, -0.05) is 0 Å². The highest BCUT2D eigenvalue weighted by Gasteiger charge is 2.25. The molecule has 0 aromatic carbocycles. The van der Waals surface area contributed by atoms with Gasteiger partial charge >= 0.3 is 0 Å². The molecule has 22 heavy (non-hydrogen) atoms. The summed E-state index contributed by atoms with van der Waals surface area (Å²) in [6.45, 7) is 1.38. The maximum atomic E-state index is 12.1. The van der Waals surface area contributed by atoms with Gasteiger partial charge in [0, 0.05) is 13.1 Å². The first-order valence-corrected chi connectivity index (χ1v) is 8.46. The first-order chi connectivity index (χ1) is 10.6. The van der Waals surface area contributed by atoms with Crippen LogP contribution in [0.1, 0.15) is 29.2 Å². The smallest absolute Gasteiger partial charge is 0.289 e. The lowest BCUT2D eigenvalue weighted by Gasteiger charge is -2.12. The molecule has 2 aromatic heterocycles. The SMILES string of the molecule is O=C(c1ccc(S(=O)(=O)NCc2ccco2)o1)N1CCCC1. The highest BCUT2D eigenvalue weighted by Crippen LogP contribution is 2.18. The number of sulfonamides is 1. The first kappa shape index (κ1) is 14.9. The monoisotopic (exact) mass is 324 g/mol. The van der Waals surface area contributed by atoms with E-state index >= 15 is 0 Å². The Balaban J connectivity index is 1.70. The van der Waals surface area contributed by atoms with Crippen molar-refractivity contribution in [2.75, 3.05) is 13.1 Å².